The fraction of sp³-hybridized carbons (Fsp3) is 0.194. The maximum Gasteiger partial charge on any atom is 0.323 e. The number of aliphatic carboxylic acids is 1. The molecule has 0 aliphatic rings. The summed E-state index contributed by atoms with van der Waals surface area (Å²) in [5, 5.41) is 29.5. The van der Waals surface area contributed by atoms with Crippen LogP contribution < -0.4 is 14.8 Å². The highest BCUT2D eigenvalue weighted by atomic mass is 35.5. The molecule has 1 atom stereocenters. The number of ether oxygens (including phenoxy) is 2. The summed E-state index contributed by atoms with van der Waals surface area (Å²) in [7, 11) is -3.68. The highest BCUT2D eigenvalue weighted by Crippen LogP contribution is 2.38. The summed E-state index contributed by atoms with van der Waals surface area (Å²) in [5.41, 5.74) is 4.05. The van der Waals surface area contributed by atoms with E-state index in [9.17, 15) is 23.4 Å². The van der Waals surface area contributed by atoms with Crippen LogP contribution in [0.5, 0.6) is 11.5 Å². The molecule has 0 spiro atoms. The number of aromatic nitrogens is 2. The van der Waals surface area contributed by atoms with E-state index in [1.54, 1.807) is 30.3 Å². The minimum atomic E-state index is -3.68. The summed E-state index contributed by atoms with van der Waals surface area (Å²) in [4.78, 5) is 11.5. The summed E-state index contributed by atoms with van der Waals surface area (Å²) in [5.74, 6) is -0.754. The number of fused-ring (bicyclic) bond motifs is 1. The molecule has 0 fully saturated rings. The average molecular weight is 673 g/mol. The predicted molar refractivity (Wildman–Crippen MR) is 167 cm³/mol. The van der Waals surface area contributed by atoms with Crippen LogP contribution in [0.1, 0.15) is 16.7 Å². The SMILES string of the molecule is CS(=O)(=O)c1ccc(-c2ccccc2)c(Cl)c1COc1cc(OCc2ccc3nonc3c2)c(CNC(CO)C(=O)O)cc1Cl. The van der Waals surface area contributed by atoms with Gasteiger partial charge in [0.15, 0.2) is 9.84 Å². The fourth-order valence-electron chi connectivity index (χ4n) is 4.58. The Morgan fingerprint density at radius 3 is 2.40 bits per heavy atom. The van der Waals surface area contributed by atoms with Crippen LogP contribution in [0.4, 0.5) is 0 Å². The van der Waals surface area contributed by atoms with Crippen LogP contribution in [0.3, 0.4) is 0 Å². The number of carboxylic acids is 1. The van der Waals surface area contributed by atoms with Crippen molar-refractivity contribution in [1.29, 1.82) is 0 Å². The molecule has 0 saturated heterocycles. The van der Waals surface area contributed by atoms with E-state index in [2.05, 4.69) is 15.6 Å². The summed E-state index contributed by atoms with van der Waals surface area (Å²) in [6.07, 6.45) is 1.09. The van der Waals surface area contributed by atoms with E-state index in [4.69, 9.17) is 37.3 Å². The van der Waals surface area contributed by atoms with Gasteiger partial charge in [0, 0.05) is 35.6 Å². The third-order valence-electron chi connectivity index (χ3n) is 6.90. The molecule has 5 rings (SSSR count). The Hall–Kier alpha value is -4.20. The average Bonchev–Trinajstić information content (AvgIpc) is 3.48. The molecular formula is C31H27Cl2N3O8S. The zero-order chi connectivity index (χ0) is 32.1. The molecular weight excluding hydrogens is 645 g/mol. The van der Waals surface area contributed by atoms with E-state index in [1.807, 2.05) is 30.3 Å². The van der Waals surface area contributed by atoms with Crippen LogP contribution >= 0.6 is 23.2 Å². The molecule has 3 N–H and O–H groups in total. The number of nitrogens with one attached hydrogen (secondary N) is 1. The van der Waals surface area contributed by atoms with Crippen molar-refractivity contribution < 1.29 is 37.5 Å². The third-order valence-corrected chi connectivity index (χ3v) is 8.81. The first kappa shape index (κ1) is 32.2. The Morgan fingerprint density at radius 2 is 1.69 bits per heavy atom. The van der Waals surface area contributed by atoms with E-state index in [1.165, 1.54) is 12.1 Å². The highest BCUT2D eigenvalue weighted by molar-refractivity contribution is 7.90. The molecule has 11 nitrogen and oxygen atoms in total. The fourth-order valence-corrected chi connectivity index (χ4v) is 6.13. The number of hydrogen-bond acceptors (Lipinski definition) is 10. The molecule has 45 heavy (non-hydrogen) atoms. The van der Waals surface area contributed by atoms with Crippen molar-refractivity contribution in [3.63, 3.8) is 0 Å². The molecule has 1 heterocycles. The molecule has 0 amide bonds. The van der Waals surface area contributed by atoms with Gasteiger partial charge in [0.1, 0.15) is 41.8 Å². The normalized spacial score (nSPS) is 12.3. The lowest BCUT2D eigenvalue weighted by atomic mass is 10.0. The van der Waals surface area contributed by atoms with Crippen LogP contribution in [0.25, 0.3) is 22.2 Å². The lowest BCUT2D eigenvalue weighted by molar-refractivity contribution is -0.140. The Kier molecular flexibility index (Phi) is 9.90. The summed E-state index contributed by atoms with van der Waals surface area (Å²) in [6, 6.07) is 19.6. The Bertz CT molecular complexity index is 1950. The maximum atomic E-state index is 12.7. The molecule has 234 valence electrons. The molecule has 1 unspecified atom stereocenters. The summed E-state index contributed by atoms with van der Waals surface area (Å²) >= 11 is 13.4. The van der Waals surface area contributed by atoms with Crippen molar-refractivity contribution in [2.24, 2.45) is 0 Å². The number of aliphatic hydroxyl groups is 1. The van der Waals surface area contributed by atoms with Gasteiger partial charge in [-0.2, -0.15) is 0 Å². The van der Waals surface area contributed by atoms with Gasteiger partial charge >= 0.3 is 5.97 Å². The first-order valence-electron chi connectivity index (χ1n) is 13.5. The first-order valence-corrected chi connectivity index (χ1v) is 16.1. The number of nitrogens with zero attached hydrogens (tertiary/aromatic N) is 2. The zero-order valence-electron chi connectivity index (χ0n) is 23.7. The lowest BCUT2D eigenvalue weighted by Crippen LogP contribution is -2.39. The van der Waals surface area contributed by atoms with Gasteiger partial charge in [-0.1, -0.05) is 65.7 Å². The van der Waals surface area contributed by atoms with Crippen molar-refractivity contribution in [1.82, 2.24) is 15.6 Å². The van der Waals surface area contributed by atoms with Crippen molar-refractivity contribution in [2.75, 3.05) is 12.9 Å². The number of halogens is 2. The highest BCUT2D eigenvalue weighted by Gasteiger charge is 2.22. The van der Waals surface area contributed by atoms with E-state index in [-0.39, 0.29) is 46.0 Å². The molecule has 5 aromatic rings. The Balaban J connectivity index is 1.46. The molecule has 0 aliphatic heterocycles. The second kappa shape index (κ2) is 13.8. The number of sulfone groups is 1. The van der Waals surface area contributed by atoms with Gasteiger partial charge in [0.2, 0.25) is 0 Å². The van der Waals surface area contributed by atoms with Crippen LogP contribution in [0, 0.1) is 0 Å². The van der Waals surface area contributed by atoms with Crippen LogP contribution in [-0.2, 0) is 34.4 Å². The van der Waals surface area contributed by atoms with Crippen LogP contribution in [0.2, 0.25) is 10.0 Å². The predicted octanol–water partition coefficient (Wildman–Crippen LogP) is 5.29. The van der Waals surface area contributed by atoms with Gasteiger partial charge in [0.25, 0.3) is 0 Å². The monoisotopic (exact) mass is 671 g/mol. The Labute approximate surface area is 268 Å². The van der Waals surface area contributed by atoms with Gasteiger partial charge in [-0.25, -0.2) is 13.0 Å². The van der Waals surface area contributed by atoms with Gasteiger partial charge < -0.3 is 19.7 Å². The zero-order valence-corrected chi connectivity index (χ0v) is 26.1. The summed E-state index contributed by atoms with van der Waals surface area (Å²) in [6.45, 7) is -0.789. The van der Waals surface area contributed by atoms with Gasteiger partial charge in [-0.05, 0) is 45.7 Å². The largest absolute Gasteiger partial charge is 0.488 e. The minimum Gasteiger partial charge on any atom is -0.488 e. The molecule has 1 aromatic heterocycles. The standard InChI is InChI=1S/C31H27Cl2N3O8S/c1-45(40,41)29-10-8-21(19-5-3-2-4-6-19)30(33)22(29)17-43-28-13-27(20(12-23(28)32)14-34-26(15-37)31(38)39)42-16-18-7-9-24-25(11-18)36-44-35-24/h2-13,26,34,37H,14-17H2,1H3,(H,38,39). The number of benzene rings is 4. The molecule has 0 aliphatic carbocycles. The maximum absolute atomic E-state index is 12.7. The minimum absolute atomic E-state index is 0.0116. The number of aliphatic hydroxyl groups excluding tert-OH is 1. The van der Waals surface area contributed by atoms with Gasteiger partial charge in [-0.15, -0.1) is 0 Å². The second-order valence-corrected chi connectivity index (χ2v) is 12.8. The van der Waals surface area contributed by atoms with Gasteiger partial charge in [0.05, 0.1) is 21.5 Å². The number of rotatable bonds is 13. The summed E-state index contributed by atoms with van der Waals surface area (Å²) < 4.78 is 42.3. The number of carbonyl (C=O) groups is 1. The smallest absolute Gasteiger partial charge is 0.323 e. The first-order chi connectivity index (χ1) is 21.5. The topological polar surface area (TPSA) is 161 Å². The van der Waals surface area contributed by atoms with Crippen molar-refractivity contribution in [3.05, 3.63) is 99.5 Å². The molecule has 0 radical (unpaired) electrons. The van der Waals surface area contributed by atoms with E-state index in [0.29, 0.717) is 27.9 Å². The van der Waals surface area contributed by atoms with Crippen molar-refractivity contribution in [3.8, 4) is 22.6 Å². The number of hydrogen-bond donors (Lipinski definition) is 3. The molecule has 0 saturated carbocycles. The Morgan fingerprint density at radius 1 is 0.956 bits per heavy atom. The van der Waals surface area contributed by atoms with Crippen molar-refractivity contribution >= 4 is 50.0 Å². The van der Waals surface area contributed by atoms with Crippen molar-refractivity contribution in [2.45, 2.75) is 30.7 Å². The molecule has 14 heteroatoms. The van der Waals surface area contributed by atoms with E-state index < -0.39 is 28.5 Å². The quantitative estimate of drug-likeness (QED) is 0.149. The number of carboxylic acid groups (broad SMARTS) is 1. The third kappa shape index (κ3) is 7.55. The second-order valence-electron chi connectivity index (χ2n) is 10.1. The van der Waals surface area contributed by atoms with Crippen LogP contribution in [-0.4, -0.2) is 53.8 Å². The van der Waals surface area contributed by atoms with E-state index in [0.717, 1.165) is 17.4 Å². The lowest BCUT2D eigenvalue weighted by Gasteiger charge is -2.19. The molecule has 4 aromatic carbocycles. The van der Waals surface area contributed by atoms with Crippen LogP contribution in [0.15, 0.2) is 82.3 Å². The van der Waals surface area contributed by atoms with E-state index >= 15 is 0 Å². The van der Waals surface area contributed by atoms with Gasteiger partial charge in [-0.3, -0.25) is 10.1 Å². The molecule has 0 bridgehead atoms.